The van der Waals surface area contributed by atoms with Crippen LogP contribution in [0.3, 0.4) is 0 Å². The lowest BCUT2D eigenvalue weighted by atomic mass is 9.84. The second-order valence-electron chi connectivity index (χ2n) is 7.59. The molecule has 156 valence electrons. The number of halogens is 1. The first-order chi connectivity index (χ1) is 13.2. The number of benzene rings is 1. The third kappa shape index (κ3) is 6.13. The van der Waals surface area contributed by atoms with Crippen LogP contribution in [0.5, 0.6) is 0 Å². The number of rotatable bonds is 7. The molecule has 3 N–H and O–H groups in total. The number of nitrogens with zero attached hydrogens (tertiary/aromatic N) is 1. The third-order valence-corrected chi connectivity index (χ3v) is 6.79. The Kier molecular flexibility index (Phi) is 9.62. The summed E-state index contributed by atoms with van der Waals surface area (Å²) in [6.07, 6.45) is 8.20. The highest BCUT2D eigenvalue weighted by Gasteiger charge is 2.25. The molecule has 0 radical (unpaired) electrons. The topological polar surface area (TPSA) is 75.4 Å². The van der Waals surface area contributed by atoms with E-state index in [1.54, 1.807) is 0 Å². The Morgan fingerprint density at radius 3 is 2.46 bits per heavy atom. The predicted molar refractivity (Wildman–Crippen MR) is 117 cm³/mol. The van der Waals surface area contributed by atoms with E-state index in [9.17, 15) is 9.59 Å². The minimum absolute atomic E-state index is 0. The van der Waals surface area contributed by atoms with Gasteiger partial charge in [0.2, 0.25) is 5.91 Å². The van der Waals surface area contributed by atoms with Crippen LogP contribution in [-0.2, 0) is 4.79 Å². The molecule has 0 aromatic heterocycles. The SMILES string of the molecule is Cl.NCC(NC(=O)c1ccccc1SCC(=O)N1CCCC1)C1CCCCC1. The summed E-state index contributed by atoms with van der Waals surface area (Å²) in [5.74, 6) is 0.944. The molecule has 2 aliphatic rings. The second kappa shape index (κ2) is 11.7. The van der Waals surface area contributed by atoms with Crippen molar-refractivity contribution in [1.82, 2.24) is 10.2 Å². The van der Waals surface area contributed by atoms with Crippen molar-refractivity contribution >= 4 is 36.0 Å². The standard InChI is InChI=1S/C21H31N3O2S.ClH/c22-14-18(16-8-2-1-3-9-16)23-21(26)17-10-4-5-11-19(17)27-15-20(25)24-12-6-7-13-24;/h4-5,10-11,16,18H,1-3,6-9,12-15,22H2,(H,23,26);1H. The summed E-state index contributed by atoms with van der Waals surface area (Å²) in [5.41, 5.74) is 6.61. The van der Waals surface area contributed by atoms with E-state index in [1.807, 2.05) is 29.2 Å². The summed E-state index contributed by atoms with van der Waals surface area (Å²) in [7, 11) is 0. The molecule has 1 aliphatic heterocycles. The Morgan fingerprint density at radius 2 is 1.79 bits per heavy atom. The first-order valence-electron chi connectivity index (χ1n) is 10.2. The molecule has 0 spiro atoms. The van der Waals surface area contributed by atoms with Crippen LogP contribution in [0, 0.1) is 5.92 Å². The number of carbonyl (C=O) groups excluding carboxylic acids is 2. The molecule has 1 heterocycles. The van der Waals surface area contributed by atoms with Crippen LogP contribution in [0.2, 0.25) is 0 Å². The van der Waals surface area contributed by atoms with Gasteiger partial charge in [-0.05, 0) is 43.7 Å². The van der Waals surface area contributed by atoms with E-state index >= 15 is 0 Å². The average Bonchev–Trinajstić information content (AvgIpc) is 3.26. The molecule has 3 rings (SSSR count). The fourth-order valence-electron chi connectivity index (χ4n) is 4.13. The highest BCUT2D eigenvalue weighted by atomic mass is 35.5. The van der Waals surface area contributed by atoms with Crippen LogP contribution in [-0.4, -0.2) is 48.1 Å². The molecule has 1 aromatic carbocycles. The van der Waals surface area contributed by atoms with E-state index in [2.05, 4.69) is 5.32 Å². The molecule has 1 unspecified atom stereocenters. The minimum atomic E-state index is -0.0762. The van der Waals surface area contributed by atoms with Gasteiger partial charge in [0.05, 0.1) is 11.3 Å². The molecular weight excluding hydrogens is 394 g/mol. The smallest absolute Gasteiger partial charge is 0.252 e. The number of likely N-dealkylation sites (tertiary alicyclic amines) is 1. The van der Waals surface area contributed by atoms with Crippen LogP contribution in [0.25, 0.3) is 0 Å². The largest absolute Gasteiger partial charge is 0.348 e. The van der Waals surface area contributed by atoms with Crippen LogP contribution < -0.4 is 11.1 Å². The van der Waals surface area contributed by atoms with E-state index in [-0.39, 0.29) is 30.3 Å². The summed E-state index contributed by atoms with van der Waals surface area (Å²) in [6, 6.07) is 7.59. The average molecular weight is 426 g/mol. The van der Waals surface area contributed by atoms with Gasteiger partial charge in [0.25, 0.3) is 5.91 Å². The molecule has 2 amide bonds. The van der Waals surface area contributed by atoms with Gasteiger partial charge in [-0.1, -0.05) is 31.4 Å². The number of nitrogens with two attached hydrogens (primary N) is 1. The lowest BCUT2D eigenvalue weighted by molar-refractivity contribution is -0.127. The Balaban J connectivity index is 0.00000280. The van der Waals surface area contributed by atoms with Gasteiger partial charge in [-0.3, -0.25) is 9.59 Å². The van der Waals surface area contributed by atoms with Crippen LogP contribution >= 0.6 is 24.2 Å². The first kappa shape index (κ1) is 23.0. The molecule has 1 atom stereocenters. The number of carbonyl (C=O) groups is 2. The Morgan fingerprint density at radius 1 is 1.11 bits per heavy atom. The summed E-state index contributed by atoms with van der Waals surface area (Å²) in [6.45, 7) is 2.20. The molecule has 1 aromatic rings. The molecule has 1 saturated carbocycles. The minimum Gasteiger partial charge on any atom is -0.348 e. The predicted octanol–water partition coefficient (Wildman–Crippen LogP) is 3.46. The Hall–Kier alpha value is -1.24. The van der Waals surface area contributed by atoms with E-state index in [4.69, 9.17) is 5.73 Å². The van der Waals surface area contributed by atoms with Crippen LogP contribution in [0.15, 0.2) is 29.2 Å². The molecule has 28 heavy (non-hydrogen) atoms. The number of amides is 2. The van der Waals surface area contributed by atoms with Crippen molar-refractivity contribution < 1.29 is 9.59 Å². The van der Waals surface area contributed by atoms with Gasteiger partial charge in [0.15, 0.2) is 0 Å². The monoisotopic (exact) mass is 425 g/mol. The lowest BCUT2D eigenvalue weighted by Gasteiger charge is -2.30. The summed E-state index contributed by atoms with van der Waals surface area (Å²) < 4.78 is 0. The Labute approximate surface area is 178 Å². The van der Waals surface area contributed by atoms with Crippen molar-refractivity contribution in [3.05, 3.63) is 29.8 Å². The summed E-state index contributed by atoms with van der Waals surface area (Å²) in [4.78, 5) is 28.0. The van der Waals surface area contributed by atoms with Crippen LogP contribution in [0.4, 0.5) is 0 Å². The lowest BCUT2D eigenvalue weighted by Crippen LogP contribution is -2.46. The molecule has 0 bridgehead atoms. The van der Waals surface area contributed by atoms with E-state index < -0.39 is 0 Å². The quantitative estimate of drug-likeness (QED) is 0.656. The third-order valence-electron chi connectivity index (χ3n) is 5.73. The molecule has 2 fully saturated rings. The number of hydrogen-bond acceptors (Lipinski definition) is 4. The molecule has 1 aliphatic carbocycles. The van der Waals surface area contributed by atoms with Crippen molar-refractivity contribution in [2.24, 2.45) is 11.7 Å². The van der Waals surface area contributed by atoms with Crippen LogP contribution in [0.1, 0.15) is 55.3 Å². The van der Waals surface area contributed by atoms with Gasteiger partial charge in [-0.2, -0.15) is 0 Å². The molecule has 1 saturated heterocycles. The first-order valence-corrected chi connectivity index (χ1v) is 11.2. The van der Waals surface area contributed by atoms with Gasteiger partial charge in [-0.25, -0.2) is 0 Å². The maximum atomic E-state index is 12.9. The van der Waals surface area contributed by atoms with Crippen molar-refractivity contribution in [2.45, 2.75) is 55.9 Å². The summed E-state index contributed by atoms with van der Waals surface area (Å²) in [5, 5.41) is 3.16. The zero-order chi connectivity index (χ0) is 19.1. The van der Waals surface area contributed by atoms with Crippen molar-refractivity contribution in [3.63, 3.8) is 0 Å². The summed E-state index contributed by atoms with van der Waals surface area (Å²) >= 11 is 1.46. The normalized spacial score (nSPS) is 18.4. The fourth-order valence-corrected chi connectivity index (χ4v) is 5.08. The Bertz CT molecular complexity index is 646. The zero-order valence-corrected chi connectivity index (χ0v) is 18.0. The highest BCUT2D eigenvalue weighted by molar-refractivity contribution is 8.00. The van der Waals surface area contributed by atoms with Gasteiger partial charge >= 0.3 is 0 Å². The van der Waals surface area contributed by atoms with Crippen molar-refractivity contribution in [2.75, 3.05) is 25.4 Å². The van der Waals surface area contributed by atoms with E-state index in [0.29, 0.717) is 23.8 Å². The fraction of sp³-hybridized carbons (Fsp3) is 0.619. The van der Waals surface area contributed by atoms with Crippen molar-refractivity contribution in [1.29, 1.82) is 0 Å². The van der Waals surface area contributed by atoms with E-state index in [1.165, 1.54) is 31.0 Å². The van der Waals surface area contributed by atoms with Gasteiger partial charge in [-0.15, -0.1) is 24.2 Å². The highest BCUT2D eigenvalue weighted by Crippen LogP contribution is 2.27. The van der Waals surface area contributed by atoms with Gasteiger partial charge in [0, 0.05) is 30.6 Å². The molecule has 5 nitrogen and oxygen atoms in total. The van der Waals surface area contributed by atoms with Crippen molar-refractivity contribution in [3.8, 4) is 0 Å². The maximum absolute atomic E-state index is 12.9. The maximum Gasteiger partial charge on any atom is 0.252 e. The number of thioether (sulfide) groups is 1. The number of nitrogens with one attached hydrogen (secondary N) is 1. The van der Waals surface area contributed by atoms with Gasteiger partial charge in [0.1, 0.15) is 0 Å². The number of hydrogen-bond donors (Lipinski definition) is 2. The second-order valence-corrected chi connectivity index (χ2v) is 8.60. The molecular formula is C21H32ClN3O2S. The van der Waals surface area contributed by atoms with Gasteiger partial charge < -0.3 is 16.0 Å². The molecule has 7 heteroatoms. The zero-order valence-electron chi connectivity index (χ0n) is 16.4. The van der Waals surface area contributed by atoms with E-state index in [0.717, 1.165) is 43.7 Å².